The second kappa shape index (κ2) is 5.51. The molecular weight excluding hydrogens is 264 g/mol. The minimum Gasteiger partial charge on any atom is -0.493 e. The molecule has 0 bridgehead atoms. The second-order valence-electron chi connectivity index (χ2n) is 4.39. The van der Waals surface area contributed by atoms with Gasteiger partial charge in [-0.2, -0.15) is 5.26 Å². The maximum absolute atomic E-state index is 9.27. The highest BCUT2D eigenvalue weighted by molar-refractivity contribution is 5.85. The molecule has 21 heavy (non-hydrogen) atoms. The smallest absolute Gasteiger partial charge is 0.221 e. The third-order valence-corrected chi connectivity index (χ3v) is 3.10. The van der Waals surface area contributed by atoms with E-state index < -0.39 is 0 Å². The summed E-state index contributed by atoms with van der Waals surface area (Å²) in [6.45, 7) is 0. The first-order valence-corrected chi connectivity index (χ1v) is 6.42. The van der Waals surface area contributed by atoms with Gasteiger partial charge in [0.25, 0.3) is 0 Å². The van der Waals surface area contributed by atoms with Gasteiger partial charge in [-0.15, -0.1) is 0 Å². The van der Waals surface area contributed by atoms with Crippen LogP contribution in [0.15, 0.2) is 54.6 Å². The normalized spacial score (nSPS) is 10.1. The molecule has 0 atom stereocenters. The van der Waals surface area contributed by atoms with Crippen LogP contribution in [0.3, 0.4) is 0 Å². The van der Waals surface area contributed by atoms with Gasteiger partial charge in [0.15, 0.2) is 11.5 Å². The first kappa shape index (κ1) is 12.9. The molecule has 0 amide bonds. The van der Waals surface area contributed by atoms with Crippen LogP contribution < -0.4 is 9.47 Å². The minimum absolute atomic E-state index is 0.370. The van der Waals surface area contributed by atoms with Crippen molar-refractivity contribution in [2.45, 2.75) is 0 Å². The molecule has 0 saturated heterocycles. The van der Waals surface area contributed by atoms with E-state index in [9.17, 15) is 5.26 Å². The fourth-order valence-electron chi connectivity index (χ4n) is 2.11. The molecule has 4 nitrogen and oxygen atoms in total. The molecule has 0 saturated carbocycles. The predicted octanol–water partition coefficient (Wildman–Crippen LogP) is 3.91. The van der Waals surface area contributed by atoms with Crippen molar-refractivity contribution in [2.75, 3.05) is 7.11 Å². The Labute approximate surface area is 122 Å². The zero-order valence-electron chi connectivity index (χ0n) is 11.4. The summed E-state index contributed by atoms with van der Waals surface area (Å²) < 4.78 is 11.0. The van der Waals surface area contributed by atoms with Crippen molar-refractivity contribution < 1.29 is 9.47 Å². The Bertz CT molecular complexity index is 838. The summed E-state index contributed by atoms with van der Waals surface area (Å²) in [5, 5.41) is 10.1. The van der Waals surface area contributed by atoms with Crippen molar-refractivity contribution in [3.8, 4) is 23.4 Å². The standard InChI is InChI=1S/C17H12N2O2/c1-20-15-8-4-5-9-16(15)21-17-10-12(11-18)13-6-2-3-7-14(13)19-17/h2-10H,1H3. The number of rotatable bonds is 3. The molecule has 0 fully saturated rings. The highest BCUT2D eigenvalue weighted by Crippen LogP contribution is 2.31. The summed E-state index contributed by atoms with van der Waals surface area (Å²) >= 11 is 0. The van der Waals surface area contributed by atoms with E-state index in [2.05, 4.69) is 11.1 Å². The molecule has 4 heteroatoms. The van der Waals surface area contributed by atoms with Gasteiger partial charge in [0.2, 0.25) is 5.88 Å². The predicted molar refractivity (Wildman–Crippen MR) is 79.5 cm³/mol. The van der Waals surface area contributed by atoms with Gasteiger partial charge >= 0.3 is 0 Å². The van der Waals surface area contributed by atoms with Gasteiger partial charge in [-0.3, -0.25) is 0 Å². The van der Waals surface area contributed by atoms with Crippen LogP contribution in [-0.4, -0.2) is 12.1 Å². The zero-order valence-corrected chi connectivity index (χ0v) is 11.4. The van der Waals surface area contributed by atoms with Crippen LogP contribution in [0.1, 0.15) is 5.56 Å². The van der Waals surface area contributed by atoms with Crippen molar-refractivity contribution in [2.24, 2.45) is 0 Å². The van der Waals surface area contributed by atoms with E-state index in [0.29, 0.717) is 22.9 Å². The molecule has 3 aromatic rings. The molecule has 102 valence electrons. The Balaban J connectivity index is 2.07. The third kappa shape index (κ3) is 2.49. The maximum atomic E-state index is 9.27. The van der Waals surface area contributed by atoms with Crippen LogP contribution in [0, 0.1) is 11.3 Å². The van der Waals surface area contributed by atoms with Gasteiger partial charge in [0.1, 0.15) is 6.07 Å². The average Bonchev–Trinajstić information content (AvgIpc) is 2.54. The van der Waals surface area contributed by atoms with Gasteiger partial charge in [0.05, 0.1) is 18.2 Å². The molecule has 0 aliphatic rings. The van der Waals surface area contributed by atoms with Gasteiger partial charge in [-0.25, -0.2) is 4.98 Å². The van der Waals surface area contributed by atoms with Gasteiger partial charge in [-0.05, 0) is 18.2 Å². The molecule has 1 aromatic heterocycles. The van der Waals surface area contributed by atoms with Crippen molar-refractivity contribution in [3.63, 3.8) is 0 Å². The molecule has 0 unspecified atom stereocenters. The topological polar surface area (TPSA) is 55.1 Å². The number of pyridine rings is 1. The highest BCUT2D eigenvalue weighted by atomic mass is 16.5. The van der Waals surface area contributed by atoms with Crippen LogP contribution in [0.4, 0.5) is 0 Å². The lowest BCUT2D eigenvalue weighted by molar-refractivity contribution is 0.374. The summed E-state index contributed by atoms with van der Waals surface area (Å²) in [4.78, 5) is 4.43. The summed E-state index contributed by atoms with van der Waals surface area (Å²) in [5.41, 5.74) is 1.26. The number of methoxy groups -OCH3 is 1. The van der Waals surface area contributed by atoms with E-state index >= 15 is 0 Å². The lowest BCUT2D eigenvalue weighted by Crippen LogP contribution is -1.93. The summed E-state index contributed by atoms with van der Waals surface area (Å²) in [7, 11) is 1.58. The third-order valence-electron chi connectivity index (χ3n) is 3.10. The fraction of sp³-hybridized carbons (Fsp3) is 0.0588. The largest absolute Gasteiger partial charge is 0.493 e. The molecule has 0 spiro atoms. The number of benzene rings is 2. The number of aromatic nitrogens is 1. The number of nitriles is 1. The van der Waals surface area contributed by atoms with Crippen LogP contribution in [0.25, 0.3) is 10.9 Å². The Morgan fingerprint density at radius 2 is 1.71 bits per heavy atom. The Hall–Kier alpha value is -3.06. The summed E-state index contributed by atoms with van der Waals surface area (Å²) in [6.07, 6.45) is 0. The van der Waals surface area contributed by atoms with E-state index in [4.69, 9.17) is 9.47 Å². The van der Waals surface area contributed by atoms with E-state index in [-0.39, 0.29) is 0 Å². The Kier molecular flexibility index (Phi) is 3.40. The number of para-hydroxylation sites is 3. The van der Waals surface area contributed by atoms with E-state index in [0.717, 1.165) is 10.9 Å². The SMILES string of the molecule is COc1ccccc1Oc1cc(C#N)c2ccccc2n1. The quantitative estimate of drug-likeness (QED) is 0.727. The van der Waals surface area contributed by atoms with E-state index in [1.807, 2.05) is 42.5 Å². The highest BCUT2D eigenvalue weighted by Gasteiger charge is 2.09. The first-order chi connectivity index (χ1) is 10.3. The van der Waals surface area contributed by atoms with Gasteiger partial charge in [0, 0.05) is 11.5 Å². The lowest BCUT2D eigenvalue weighted by Gasteiger charge is -2.10. The van der Waals surface area contributed by atoms with E-state index in [1.165, 1.54) is 0 Å². The van der Waals surface area contributed by atoms with Crippen molar-refractivity contribution in [3.05, 3.63) is 60.2 Å². The fourth-order valence-corrected chi connectivity index (χ4v) is 2.11. The molecule has 2 aromatic carbocycles. The average molecular weight is 276 g/mol. The number of ether oxygens (including phenoxy) is 2. The molecule has 0 radical (unpaired) electrons. The Morgan fingerprint density at radius 3 is 2.48 bits per heavy atom. The van der Waals surface area contributed by atoms with Crippen molar-refractivity contribution >= 4 is 10.9 Å². The molecule has 3 rings (SSSR count). The minimum atomic E-state index is 0.370. The van der Waals surface area contributed by atoms with Gasteiger partial charge in [-0.1, -0.05) is 30.3 Å². The molecule has 0 aliphatic carbocycles. The van der Waals surface area contributed by atoms with Crippen LogP contribution in [-0.2, 0) is 0 Å². The summed E-state index contributed by atoms with van der Waals surface area (Å²) in [6, 6.07) is 18.6. The number of fused-ring (bicyclic) bond motifs is 1. The molecule has 0 aliphatic heterocycles. The number of hydrogen-bond donors (Lipinski definition) is 0. The monoisotopic (exact) mass is 276 g/mol. The van der Waals surface area contributed by atoms with E-state index in [1.54, 1.807) is 19.2 Å². The second-order valence-corrected chi connectivity index (χ2v) is 4.39. The molecular formula is C17H12N2O2. The van der Waals surface area contributed by atoms with Crippen LogP contribution >= 0.6 is 0 Å². The van der Waals surface area contributed by atoms with Crippen molar-refractivity contribution in [1.82, 2.24) is 4.98 Å². The summed E-state index contributed by atoms with van der Waals surface area (Å²) in [5.74, 6) is 1.55. The molecule has 1 heterocycles. The zero-order chi connectivity index (χ0) is 14.7. The number of hydrogen-bond acceptors (Lipinski definition) is 4. The van der Waals surface area contributed by atoms with Gasteiger partial charge < -0.3 is 9.47 Å². The van der Waals surface area contributed by atoms with Crippen molar-refractivity contribution in [1.29, 1.82) is 5.26 Å². The van der Waals surface area contributed by atoms with Crippen LogP contribution in [0.5, 0.6) is 17.4 Å². The first-order valence-electron chi connectivity index (χ1n) is 6.42. The lowest BCUT2D eigenvalue weighted by atomic mass is 10.1. The molecule has 0 N–H and O–H groups in total. The maximum Gasteiger partial charge on any atom is 0.221 e. The number of nitrogens with zero attached hydrogens (tertiary/aromatic N) is 2. The Morgan fingerprint density at radius 1 is 1.00 bits per heavy atom. The van der Waals surface area contributed by atoms with Crippen LogP contribution in [0.2, 0.25) is 0 Å².